The van der Waals surface area contributed by atoms with E-state index in [4.69, 9.17) is 5.14 Å². The molecule has 0 atom stereocenters. The zero-order valence-electron chi connectivity index (χ0n) is 10.0. The fourth-order valence-electron chi connectivity index (χ4n) is 3.16. The third-order valence-corrected chi connectivity index (χ3v) is 3.55. The SMILES string of the molecule is CC1(C)CC(NS(N)(=O)=O)CC(C)(C)C1. The lowest BCUT2D eigenvalue weighted by Gasteiger charge is -2.44. The Morgan fingerprint density at radius 2 is 1.53 bits per heavy atom. The van der Waals surface area contributed by atoms with Crippen LogP contribution in [0.5, 0.6) is 0 Å². The third-order valence-electron chi connectivity index (χ3n) is 2.89. The standard InChI is InChI=1S/C10H22N2O2S/c1-9(2)5-8(12-15(11,13)14)6-10(3,4)7-9/h8,12H,5-7H2,1-4H3,(H2,11,13,14). The Hall–Kier alpha value is -0.130. The van der Waals surface area contributed by atoms with Crippen molar-refractivity contribution in [3.05, 3.63) is 0 Å². The van der Waals surface area contributed by atoms with Gasteiger partial charge in [-0.2, -0.15) is 13.1 Å². The van der Waals surface area contributed by atoms with E-state index in [0.29, 0.717) is 0 Å². The van der Waals surface area contributed by atoms with Gasteiger partial charge in [-0.15, -0.1) is 0 Å². The monoisotopic (exact) mass is 234 g/mol. The smallest absolute Gasteiger partial charge is 0.216 e. The molecule has 0 radical (unpaired) electrons. The van der Waals surface area contributed by atoms with Crippen LogP contribution in [-0.4, -0.2) is 14.5 Å². The van der Waals surface area contributed by atoms with Gasteiger partial charge in [0, 0.05) is 6.04 Å². The molecule has 3 N–H and O–H groups in total. The zero-order valence-corrected chi connectivity index (χ0v) is 10.8. The van der Waals surface area contributed by atoms with Gasteiger partial charge in [0.2, 0.25) is 0 Å². The first-order valence-electron chi connectivity index (χ1n) is 5.29. The molecule has 0 unspecified atom stereocenters. The first-order chi connectivity index (χ1) is 6.49. The number of rotatable bonds is 2. The highest BCUT2D eigenvalue weighted by molar-refractivity contribution is 7.87. The molecule has 0 aliphatic heterocycles. The maximum Gasteiger partial charge on any atom is 0.274 e. The first kappa shape index (κ1) is 12.9. The van der Waals surface area contributed by atoms with Gasteiger partial charge in [0.1, 0.15) is 0 Å². The molecule has 0 saturated heterocycles. The highest BCUT2D eigenvalue weighted by atomic mass is 32.2. The molecule has 0 spiro atoms. The average molecular weight is 234 g/mol. The molecule has 15 heavy (non-hydrogen) atoms. The van der Waals surface area contributed by atoms with Crippen LogP contribution in [-0.2, 0) is 10.2 Å². The zero-order chi connectivity index (χ0) is 11.9. The van der Waals surface area contributed by atoms with Crippen molar-refractivity contribution in [1.29, 1.82) is 0 Å². The molecular weight excluding hydrogens is 212 g/mol. The van der Waals surface area contributed by atoms with E-state index in [0.717, 1.165) is 19.3 Å². The fraction of sp³-hybridized carbons (Fsp3) is 1.00. The predicted molar refractivity (Wildman–Crippen MR) is 61.4 cm³/mol. The minimum absolute atomic E-state index is 0.0289. The molecule has 1 fully saturated rings. The Morgan fingerprint density at radius 3 is 1.87 bits per heavy atom. The second-order valence-corrected chi connectivity index (χ2v) is 7.60. The highest BCUT2D eigenvalue weighted by Gasteiger charge is 2.39. The molecule has 0 aromatic carbocycles. The van der Waals surface area contributed by atoms with E-state index in [9.17, 15) is 8.42 Å². The molecule has 0 aromatic rings. The molecule has 0 bridgehead atoms. The van der Waals surface area contributed by atoms with E-state index in [1.165, 1.54) is 0 Å². The summed E-state index contributed by atoms with van der Waals surface area (Å²) in [6, 6.07) is -0.0289. The van der Waals surface area contributed by atoms with Crippen molar-refractivity contribution in [2.75, 3.05) is 0 Å². The topological polar surface area (TPSA) is 72.2 Å². The molecule has 1 aliphatic rings. The van der Waals surface area contributed by atoms with E-state index in [1.807, 2.05) is 0 Å². The van der Waals surface area contributed by atoms with Gasteiger partial charge in [0.05, 0.1) is 0 Å². The summed E-state index contributed by atoms with van der Waals surface area (Å²) < 4.78 is 24.5. The lowest BCUT2D eigenvalue weighted by atomic mass is 9.64. The second kappa shape index (κ2) is 3.71. The first-order valence-corrected chi connectivity index (χ1v) is 6.84. The van der Waals surface area contributed by atoms with Crippen LogP contribution in [0.1, 0.15) is 47.0 Å². The van der Waals surface area contributed by atoms with Gasteiger partial charge >= 0.3 is 0 Å². The molecule has 0 aromatic heterocycles. The van der Waals surface area contributed by atoms with Crippen molar-refractivity contribution in [2.24, 2.45) is 16.0 Å². The normalized spacial score (nSPS) is 26.5. The largest absolute Gasteiger partial charge is 0.274 e. The van der Waals surface area contributed by atoms with Crippen LogP contribution in [0.25, 0.3) is 0 Å². The summed E-state index contributed by atoms with van der Waals surface area (Å²) >= 11 is 0. The molecular formula is C10H22N2O2S. The molecule has 4 nitrogen and oxygen atoms in total. The predicted octanol–water partition coefficient (Wildman–Crippen LogP) is 1.38. The molecule has 1 saturated carbocycles. The van der Waals surface area contributed by atoms with Gasteiger partial charge in [-0.25, -0.2) is 5.14 Å². The van der Waals surface area contributed by atoms with Crippen LogP contribution < -0.4 is 9.86 Å². The summed E-state index contributed by atoms with van der Waals surface area (Å²) in [6.45, 7) is 8.69. The van der Waals surface area contributed by atoms with E-state index in [2.05, 4.69) is 32.4 Å². The number of hydrogen-bond donors (Lipinski definition) is 2. The molecule has 0 amide bonds. The summed E-state index contributed by atoms with van der Waals surface area (Å²) in [5.41, 5.74) is 0.341. The van der Waals surface area contributed by atoms with Gasteiger partial charge in [-0.3, -0.25) is 0 Å². The Kier molecular flexibility index (Phi) is 3.20. The van der Waals surface area contributed by atoms with Crippen molar-refractivity contribution in [1.82, 2.24) is 4.72 Å². The summed E-state index contributed by atoms with van der Waals surface area (Å²) in [7, 11) is -3.57. The summed E-state index contributed by atoms with van der Waals surface area (Å²) in [4.78, 5) is 0. The van der Waals surface area contributed by atoms with Crippen LogP contribution in [0.3, 0.4) is 0 Å². The van der Waals surface area contributed by atoms with Crippen LogP contribution in [0.4, 0.5) is 0 Å². The average Bonchev–Trinajstić information content (AvgIpc) is 1.70. The highest BCUT2D eigenvalue weighted by Crippen LogP contribution is 2.45. The summed E-state index contributed by atoms with van der Waals surface area (Å²) in [5, 5.41) is 5.00. The Balaban J connectivity index is 2.76. The van der Waals surface area contributed by atoms with Gasteiger partial charge in [0.25, 0.3) is 10.2 Å². The molecule has 5 heteroatoms. The summed E-state index contributed by atoms with van der Waals surface area (Å²) in [6.07, 6.45) is 2.82. The van der Waals surface area contributed by atoms with Crippen LogP contribution in [0, 0.1) is 10.8 Å². The lowest BCUT2D eigenvalue weighted by Crippen LogP contribution is -2.47. The number of nitrogens with two attached hydrogens (primary N) is 1. The van der Waals surface area contributed by atoms with E-state index in [1.54, 1.807) is 0 Å². The minimum atomic E-state index is -3.57. The Morgan fingerprint density at radius 1 is 1.13 bits per heavy atom. The minimum Gasteiger partial charge on any atom is -0.216 e. The van der Waals surface area contributed by atoms with E-state index >= 15 is 0 Å². The third kappa shape index (κ3) is 4.49. The number of nitrogens with one attached hydrogen (secondary N) is 1. The maximum absolute atomic E-state index is 11.0. The van der Waals surface area contributed by atoms with Crippen molar-refractivity contribution in [2.45, 2.75) is 53.0 Å². The molecule has 90 valence electrons. The molecule has 0 heterocycles. The van der Waals surface area contributed by atoms with Crippen molar-refractivity contribution in [3.8, 4) is 0 Å². The number of hydrogen-bond acceptors (Lipinski definition) is 2. The van der Waals surface area contributed by atoms with Crippen molar-refractivity contribution < 1.29 is 8.42 Å². The van der Waals surface area contributed by atoms with Gasteiger partial charge in [0.15, 0.2) is 0 Å². The van der Waals surface area contributed by atoms with Crippen LogP contribution in [0.15, 0.2) is 0 Å². The van der Waals surface area contributed by atoms with Gasteiger partial charge < -0.3 is 0 Å². The maximum atomic E-state index is 11.0. The van der Waals surface area contributed by atoms with E-state index < -0.39 is 10.2 Å². The van der Waals surface area contributed by atoms with Gasteiger partial charge in [-0.05, 0) is 30.1 Å². The summed E-state index contributed by atoms with van der Waals surface area (Å²) in [5.74, 6) is 0. The molecule has 1 aliphatic carbocycles. The lowest BCUT2D eigenvalue weighted by molar-refractivity contribution is 0.0934. The van der Waals surface area contributed by atoms with Crippen LogP contribution >= 0.6 is 0 Å². The van der Waals surface area contributed by atoms with Crippen molar-refractivity contribution in [3.63, 3.8) is 0 Å². The Labute approximate surface area is 92.8 Å². The van der Waals surface area contributed by atoms with Gasteiger partial charge in [-0.1, -0.05) is 27.7 Å². The second-order valence-electron chi connectivity index (χ2n) is 6.27. The molecule has 1 rings (SSSR count). The van der Waals surface area contributed by atoms with E-state index in [-0.39, 0.29) is 16.9 Å². The van der Waals surface area contributed by atoms with Crippen LogP contribution in [0.2, 0.25) is 0 Å². The van der Waals surface area contributed by atoms with Crippen molar-refractivity contribution >= 4 is 10.2 Å². The quantitative estimate of drug-likeness (QED) is 0.757. The Bertz CT molecular complexity index is 317. The fourth-order valence-corrected chi connectivity index (χ4v) is 3.79.